The Balaban J connectivity index is 3.70. The van der Waals surface area contributed by atoms with E-state index < -0.39 is 0 Å². The molecule has 0 aromatic carbocycles. The normalized spacial score (nSPS) is 14.6. The van der Waals surface area contributed by atoms with Crippen molar-refractivity contribution < 1.29 is 5.11 Å². The number of hydrogen-bond acceptors (Lipinski definition) is 1. The van der Waals surface area contributed by atoms with Crippen LogP contribution < -0.4 is 0 Å². The van der Waals surface area contributed by atoms with Gasteiger partial charge in [-0.3, -0.25) is 0 Å². The van der Waals surface area contributed by atoms with Gasteiger partial charge in [-0.2, -0.15) is 0 Å². The molecule has 0 amide bonds. The fourth-order valence-electron chi connectivity index (χ4n) is 1.65. The predicted molar refractivity (Wildman–Crippen MR) is 58.8 cm³/mol. The van der Waals surface area contributed by atoms with Gasteiger partial charge in [-0.1, -0.05) is 31.9 Å². The Morgan fingerprint density at radius 2 is 2.00 bits per heavy atom. The standard InChI is InChI=1S/C12H24O/c1-4-11(5-2)7-8-12(6-3)9-10-13/h4,12-13H,5-10H2,1-3H3. The van der Waals surface area contributed by atoms with E-state index in [0.717, 1.165) is 6.42 Å². The highest BCUT2D eigenvalue weighted by Crippen LogP contribution is 2.19. The minimum atomic E-state index is 0.343. The van der Waals surface area contributed by atoms with Crippen LogP contribution >= 0.6 is 0 Å². The lowest BCUT2D eigenvalue weighted by molar-refractivity contribution is 0.249. The number of aliphatic hydroxyl groups excluding tert-OH is 1. The molecule has 1 atom stereocenters. The van der Waals surface area contributed by atoms with E-state index in [1.807, 2.05) is 0 Å². The van der Waals surface area contributed by atoms with E-state index in [-0.39, 0.29) is 0 Å². The van der Waals surface area contributed by atoms with Crippen molar-refractivity contribution in [1.82, 2.24) is 0 Å². The third-order valence-electron chi connectivity index (χ3n) is 2.85. The van der Waals surface area contributed by atoms with Crippen molar-refractivity contribution in [2.24, 2.45) is 5.92 Å². The van der Waals surface area contributed by atoms with Gasteiger partial charge in [0.15, 0.2) is 0 Å². The van der Waals surface area contributed by atoms with E-state index in [9.17, 15) is 0 Å². The minimum absolute atomic E-state index is 0.343. The molecule has 1 nitrogen and oxygen atoms in total. The summed E-state index contributed by atoms with van der Waals surface area (Å²) in [6, 6.07) is 0. The maximum atomic E-state index is 8.83. The molecule has 1 unspecified atom stereocenters. The largest absolute Gasteiger partial charge is 0.396 e. The van der Waals surface area contributed by atoms with Gasteiger partial charge in [0, 0.05) is 6.61 Å². The van der Waals surface area contributed by atoms with Crippen LogP contribution in [0.25, 0.3) is 0 Å². The highest BCUT2D eigenvalue weighted by atomic mass is 16.3. The van der Waals surface area contributed by atoms with Crippen molar-refractivity contribution in [2.45, 2.75) is 52.9 Å². The van der Waals surface area contributed by atoms with Crippen molar-refractivity contribution in [3.8, 4) is 0 Å². The van der Waals surface area contributed by atoms with Crippen LogP contribution in [-0.4, -0.2) is 11.7 Å². The Labute approximate surface area is 82.9 Å². The Hall–Kier alpha value is -0.300. The third kappa shape index (κ3) is 5.87. The second-order valence-electron chi connectivity index (χ2n) is 3.63. The van der Waals surface area contributed by atoms with E-state index >= 15 is 0 Å². The first kappa shape index (κ1) is 12.7. The molecule has 0 aromatic heterocycles. The fourth-order valence-corrected chi connectivity index (χ4v) is 1.65. The Morgan fingerprint density at radius 1 is 1.31 bits per heavy atom. The average Bonchev–Trinajstić information content (AvgIpc) is 2.17. The smallest absolute Gasteiger partial charge is 0.0433 e. The number of hydrogen-bond donors (Lipinski definition) is 1. The summed E-state index contributed by atoms with van der Waals surface area (Å²) in [7, 11) is 0. The van der Waals surface area contributed by atoms with Crippen LogP contribution in [0.3, 0.4) is 0 Å². The van der Waals surface area contributed by atoms with Gasteiger partial charge in [0.05, 0.1) is 0 Å². The van der Waals surface area contributed by atoms with Gasteiger partial charge in [0.1, 0.15) is 0 Å². The van der Waals surface area contributed by atoms with E-state index in [4.69, 9.17) is 5.11 Å². The first-order valence-electron chi connectivity index (χ1n) is 5.53. The molecule has 1 heteroatoms. The van der Waals surface area contributed by atoms with Gasteiger partial charge in [0.25, 0.3) is 0 Å². The molecule has 0 saturated heterocycles. The first-order valence-corrected chi connectivity index (χ1v) is 5.53. The van der Waals surface area contributed by atoms with Crippen LogP contribution in [0, 0.1) is 5.92 Å². The number of allylic oxidation sites excluding steroid dienone is 2. The third-order valence-corrected chi connectivity index (χ3v) is 2.85. The van der Waals surface area contributed by atoms with Crippen LogP contribution in [0.4, 0.5) is 0 Å². The van der Waals surface area contributed by atoms with Gasteiger partial charge in [0.2, 0.25) is 0 Å². The highest BCUT2D eigenvalue weighted by Gasteiger charge is 2.05. The zero-order valence-electron chi connectivity index (χ0n) is 9.34. The lowest BCUT2D eigenvalue weighted by Gasteiger charge is -2.13. The molecule has 13 heavy (non-hydrogen) atoms. The molecule has 0 heterocycles. The molecule has 0 fully saturated rings. The molecule has 78 valence electrons. The molecule has 0 aliphatic carbocycles. The maximum absolute atomic E-state index is 8.83. The molecule has 0 aliphatic rings. The number of rotatable bonds is 7. The van der Waals surface area contributed by atoms with Gasteiger partial charge >= 0.3 is 0 Å². The second kappa shape index (κ2) is 8.31. The molecule has 0 aliphatic heterocycles. The van der Waals surface area contributed by atoms with Crippen molar-refractivity contribution in [2.75, 3.05) is 6.61 Å². The average molecular weight is 184 g/mol. The zero-order valence-corrected chi connectivity index (χ0v) is 9.34. The topological polar surface area (TPSA) is 20.2 Å². The van der Waals surface area contributed by atoms with Gasteiger partial charge < -0.3 is 5.11 Å². The summed E-state index contributed by atoms with van der Waals surface area (Å²) in [4.78, 5) is 0. The monoisotopic (exact) mass is 184 g/mol. The molecule has 0 aromatic rings. The summed E-state index contributed by atoms with van der Waals surface area (Å²) < 4.78 is 0. The molecular formula is C12H24O. The van der Waals surface area contributed by atoms with Crippen molar-refractivity contribution in [1.29, 1.82) is 0 Å². The van der Waals surface area contributed by atoms with Crippen LogP contribution in [0.15, 0.2) is 11.6 Å². The summed E-state index contributed by atoms with van der Waals surface area (Å²) in [5, 5.41) is 8.83. The van der Waals surface area contributed by atoms with Crippen molar-refractivity contribution in [3.05, 3.63) is 11.6 Å². The Bertz CT molecular complexity index is 138. The van der Waals surface area contributed by atoms with Gasteiger partial charge in [-0.25, -0.2) is 0 Å². The van der Waals surface area contributed by atoms with Crippen LogP contribution in [-0.2, 0) is 0 Å². The SMILES string of the molecule is CC=C(CC)CCC(CC)CCO. The molecule has 0 radical (unpaired) electrons. The van der Waals surface area contributed by atoms with E-state index in [0.29, 0.717) is 12.5 Å². The van der Waals surface area contributed by atoms with E-state index in [2.05, 4.69) is 26.8 Å². The summed E-state index contributed by atoms with van der Waals surface area (Å²) in [6.45, 7) is 6.88. The first-order chi connectivity index (χ1) is 6.28. The molecule has 0 bridgehead atoms. The Kier molecular flexibility index (Phi) is 8.11. The quantitative estimate of drug-likeness (QED) is 0.600. The van der Waals surface area contributed by atoms with E-state index in [1.165, 1.54) is 25.7 Å². The minimum Gasteiger partial charge on any atom is -0.396 e. The maximum Gasteiger partial charge on any atom is 0.0433 e. The van der Waals surface area contributed by atoms with Crippen LogP contribution in [0.5, 0.6) is 0 Å². The zero-order chi connectivity index (χ0) is 10.1. The molecule has 0 saturated carbocycles. The summed E-state index contributed by atoms with van der Waals surface area (Å²) in [5.74, 6) is 0.714. The molecular weight excluding hydrogens is 160 g/mol. The summed E-state index contributed by atoms with van der Waals surface area (Å²) in [6.07, 6.45) is 8.02. The lowest BCUT2D eigenvalue weighted by atomic mass is 9.94. The van der Waals surface area contributed by atoms with Crippen molar-refractivity contribution >= 4 is 0 Å². The van der Waals surface area contributed by atoms with Crippen molar-refractivity contribution in [3.63, 3.8) is 0 Å². The molecule has 0 spiro atoms. The van der Waals surface area contributed by atoms with E-state index in [1.54, 1.807) is 5.57 Å². The number of aliphatic hydroxyl groups is 1. The summed E-state index contributed by atoms with van der Waals surface area (Å²) >= 11 is 0. The fraction of sp³-hybridized carbons (Fsp3) is 0.833. The van der Waals surface area contributed by atoms with Gasteiger partial charge in [-0.05, 0) is 38.5 Å². The molecule has 1 N–H and O–H groups in total. The molecule has 0 rings (SSSR count). The predicted octanol–water partition coefficient (Wildman–Crippen LogP) is 3.53. The van der Waals surface area contributed by atoms with Crippen LogP contribution in [0.2, 0.25) is 0 Å². The summed E-state index contributed by atoms with van der Waals surface area (Å²) in [5.41, 5.74) is 1.55. The lowest BCUT2D eigenvalue weighted by Crippen LogP contribution is -2.02. The Morgan fingerprint density at radius 3 is 2.38 bits per heavy atom. The highest BCUT2D eigenvalue weighted by molar-refractivity contribution is 4.99. The van der Waals surface area contributed by atoms with Crippen LogP contribution in [0.1, 0.15) is 52.9 Å². The van der Waals surface area contributed by atoms with Gasteiger partial charge in [-0.15, -0.1) is 0 Å². The second-order valence-corrected chi connectivity index (χ2v) is 3.63.